The fourth-order valence-corrected chi connectivity index (χ4v) is 3.44. The molecule has 5 heteroatoms. The van der Waals surface area contributed by atoms with Gasteiger partial charge in [-0.1, -0.05) is 12.8 Å². The lowest BCUT2D eigenvalue weighted by Gasteiger charge is -2.32. The summed E-state index contributed by atoms with van der Waals surface area (Å²) in [6.45, 7) is 0.823. The Kier molecular flexibility index (Phi) is 2.81. The van der Waals surface area contributed by atoms with Gasteiger partial charge in [0, 0.05) is 24.3 Å². The molecule has 1 aliphatic heterocycles. The van der Waals surface area contributed by atoms with Gasteiger partial charge in [0.25, 0.3) is 0 Å². The number of urea groups is 1. The van der Waals surface area contributed by atoms with E-state index in [1.54, 1.807) is 6.20 Å². The molecule has 1 aliphatic carbocycles. The zero-order valence-electron chi connectivity index (χ0n) is 10.4. The van der Waals surface area contributed by atoms with Gasteiger partial charge in [-0.3, -0.25) is 4.90 Å². The lowest BCUT2D eigenvalue weighted by atomic mass is 9.97. The molecule has 0 radical (unpaired) electrons. The molecule has 1 saturated carbocycles. The van der Waals surface area contributed by atoms with Crippen molar-refractivity contribution in [2.75, 3.05) is 18.5 Å². The van der Waals surface area contributed by atoms with E-state index in [1.807, 2.05) is 29.0 Å². The maximum Gasteiger partial charge on any atom is 0.326 e. The standard InChI is InChI=1S/C13H16BrN3O/c1-16-9-13(6-2-3-7-13)17(12(16)18)11-5-4-10(14)8-15-11/h4-5,8H,2-3,6-7,9H2,1H3. The predicted octanol–water partition coefficient (Wildman–Crippen LogP) is 3.03. The highest BCUT2D eigenvalue weighted by atomic mass is 79.9. The number of amides is 2. The zero-order valence-corrected chi connectivity index (χ0v) is 12.0. The van der Waals surface area contributed by atoms with E-state index in [2.05, 4.69) is 20.9 Å². The highest BCUT2D eigenvalue weighted by molar-refractivity contribution is 9.10. The van der Waals surface area contributed by atoms with Gasteiger partial charge in [-0.05, 0) is 40.9 Å². The van der Waals surface area contributed by atoms with E-state index in [9.17, 15) is 4.79 Å². The summed E-state index contributed by atoms with van der Waals surface area (Å²) in [4.78, 5) is 20.5. The van der Waals surface area contributed by atoms with Crippen LogP contribution in [0.4, 0.5) is 10.6 Å². The molecule has 2 amide bonds. The van der Waals surface area contributed by atoms with Gasteiger partial charge in [0.15, 0.2) is 0 Å². The Morgan fingerprint density at radius 3 is 2.67 bits per heavy atom. The summed E-state index contributed by atoms with van der Waals surface area (Å²) in [7, 11) is 1.88. The smallest absolute Gasteiger partial charge is 0.325 e. The second kappa shape index (κ2) is 4.23. The monoisotopic (exact) mass is 309 g/mol. The van der Waals surface area contributed by atoms with Gasteiger partial charge in [0.05, 0.1) is 5.54 Å². The van der Waals surface area contributed by atoms with Crippen LogP contribution < -0.4 is 4.90 Å². The molecule has 4 nitrogen and oxygen atoms in total. The fraction of sp³-hybridized carbons (Fsp3) is 0.538. The summed E-state index contributed by atoms with van der Waals surface area (Å²) in [6, 6.07) is 3.93. The number of rotatable bonds is 1. The molecule has 1 spiro atoms. The van der Waals surface area contributed by atoms with Crippen LogP contribution in [0, 0.1) is 0 Å². The third-order valence-electron chi connectivity index (χ3n) is 4.00. The number of pyridine rings is 1. The number of halogens is 1. The first-order chi connectivity index (χ1) is 8.62. The van der Waals surface area contributed by atoms with Crippen molar-refractivity contribution in [1.82, 2.24) is 9.88 Å². The maximum atomic E-state index is 12.4. The first-order valence-corrected chi connectivity index (χ1v) is 7.09. The second-order valence-corrected chi connectivity index (χ2v) is 6.16. The summed E-state index contributed by atoms with van der Waals surface area (Å²) in [5.41, 5.74) is -0.0212. The summed E-state index contributed by atoms with van der Waals surface area (Å²) in [6.07, 6.45) is 6.33. The average Bonchev–Trinajstić information content (AvgIpc) is 2.89. The maximum absolute atomic E-state index is 12.4. The largest absolute Gasteiger partial charge is 0.326 e. The van der Waals surface area contributed by atoms with Crippen LogP contribution in [0.15, 0.2) is 22.8 Å². The van der Waals surface area contributed by atoms with E-state index in [0.717, 1.165) is 29.7 Å². The summed E-state index contributed by atoms with van der Waals surface area (Å²) >= 11 is 3.38. The van der Waals surface area contributed by atoms with Gasteiger partial charge in [0.2, 0.25) is 0 Å². The van der Waals surface area contributed by atoms with Crippen molar-refractivity contribution in [2.24, 2.45) is 0 Å². The van der Waals surface area contributed by atoms with Crippen LogP contribution in [0.1, 0.15) is 25.7 Å². The number of likely N-dealkylation sites (N-methyl/N-ethyl adjacent to an activating group) is 1. The van der Waals surface area contributed by atoms with Crippen molar-refractivity contribution >= 4 is 27.8 Å². The first-order valence-electron chi connectivity index (χ1n) is 6.29. The van der Waals surface area contributed by atoms with Crippen molar-refractivity contribution < 1.29 is 4.79 Å². The van der Waals surface area contributed by atoms with Gasteiger partial charge in [-0.2, -0.15) is 0 Å². The number of anilines is 1. The van der Waals surface area contributed by atoms with Crippen LogP contribution in [0.25, 0.3) is 0 Å². The average molecular weight is 310 g/mol. The third-order valence-corrected chi connectivity index (χ3v) is 4.47. The molecule has 1 saturated heterocycles. The van der Waals surface area contributed by atoms with E-state index in [0.29, 0.717) is 0 Å². The molecule has 3 rings (SSSR count). The Labute approximate surface area is 115 Å². The molecular formula is C13H16BrN3O. The van der Waals surface area contributed by atoms with Gasteiger partial charge >= 0.3 is 6.03 Å². The number of nitrogens with zero attached hydrogens (tertiary/aromatic N) is 3. The van der Waals surface area contributed by atoms with Crippen molar-refractivity contribution in [1.29, 1.82) is 0 Å². The number of aromatic nitrogens is 1. The SMILES string of the molecule is CN1CC2(CCCC2)N(c2ccc(Br)cn2)C1=O. The molecule has 0 atom stereocenters. The van der Waals surface area contributed by atoms with Crippen LogP contribution in [0.2, 0.25) is 0 Å². The highest BCUT2D eigenvalue weighted by Gasteiger charge is 2.50. The van der Waals surface area contributed by atoms with E-state index in [1.165, 1.54) is 12.8 Å². The van der Waals surface area contributed by atoms with Crippen molar-refractivity contribution in [3.63, 3.8) is 0 Å². The van der Waals surface area contributed by atoms with E-state index >= 15 is 0 Å². The third kappa shape index (κ3) is 1.72. The number of carbonyl (C=O) groups is 1. The molecule has 18 heavy (non-hydrogen) atoms. The highest BCUT2D eigenvalue weighted by Crippen LogP contribution is 2.42. The van der Waals surface area contributed by atoms with Crippen molar-refractivity contribution in [2.45, 2.75) is 31.2 Å². The lowest BCUT2D eigenvalue weighted by Crippen LogP contribution is -2.45. The minimum absolute atomic E-state index is 0.0212. The summed E-state index contributed by atoms with van der Waals surface area (Å²) in [5.74, 6) is 0.773. The molecule has 0 unspecified atom stereocenters. The van der Waals surface area contributed by atoms with Crippen LogP contribution >= 0.6 is 15.9 Å². The number of hydrogen-bond donors (Lipinski definition) is 0. The zero-order chi connectivity index (χ0) is 12.8. The molecule has 0 aromatic carbocycles. The van der Waals surface area contributed by atoms with Gasteiger partial charge in [0.1, 0.15) is 5.82 Å². The predicted molar refractivity (Wildman–Crippen MR) is 73.6 cm³/mol. The molecule has 96 valence electrons. The van der Waals surface area contributed by atoms with Crippen LogP contribution in [0.3, 0.4) is 0 Å². The van der Waals surface area contributed by atoms with Crippen molar-refractivity contribution in [3.05, 3.63) is 22.8 Å². The minimum atomic E-state index is -0.0212. The molecule has 2 heterocycles. The molecule has 1 aromatic rings. The van der Waals surface area contributed by atoms with Crippen molar-refractivity contribution in [3.8, 4) is 0 Å². The minimum Gasteiger partial charge on any atom is -0.325 e. The van der Waals surface area contributed by atoms with E-state index in [-0.39, 0.29) is 11.6 Å². The van der Waals surface area contributed by atoms with Crippen LogP contribution in [0.5, 0.6) is 0 Å². The van der Waals surface area contributed by atoms with Gasteiger partial charge in [-0.15, -0.1) is 0 Å². The molecular weight excluding hydrogens is 294 g/mol. The summed E-state index contributed by atoms with van der Waals surface area (Å²) in [5, 5.41) is 0. The Morgan fingerprint density at radius 2 is 2.06 bits per heavy atom. The normalized spacial score (nSPS) is 22.2. The van der Waals surface area contributed by atoms with Gasteiger partial charge < -0.3 is 4.90 Å². The quantitative estimate of drug-likeness (QED) is 0.799. The van der Waals surface area contributed by atoms with E-state index < -0.39 is 0 Å². The Morgan fingerprint density at radius 1 is 1.33 bits per heavy atom. The number of hydrogen-bond acceptors (Lipinski definition) is 2. The van der Waals surface area contributed by atoms with Crippen LogP contribution in [-0.2, 0) is 0 Å². The Bertz CT molecular complexity index is 468. The fourth-order valence-electron chi connectivity index (χ4n) is 3.21. The number of carbonyl (C=O) groups excluding carboxylic acids is 1. The molecule has 2 fully saturated rings. The Hall–Kier alpha value is -1.10. The first kappa shape index (κ1) is 12.0. The molecule has 1 aromatic heterocycles. The van der Waals surface area contributed by atoms with Gasteiger partial charge in [-0.25, -0.2) is 9.78 Å². The molecule has 0 bridgehead atoms. The molecule has 2 aliphatic rings. The Balaban J connectivity index is 2.01. The summed E-state index contributed by atoms with van der Waals surface area (Å²) < 4.78 is 0.937. The molecule has 0 N–H and O–H groups in total. The topological polar surface area (TPSA) is 36.4 Å². The van der Waals surface area contributed by atoms with E-state index in [4.69, 9.17) is 0 Å². The second-order valence-electron chi connectivity index (χ2n) is 5.24. The lowest BCUT2D eigenvalue weighted by molar-refractivity contribution is 0.229. The van der Waals surface area contributed by atoms with Crippen LogP contribution in [-0.4, -0.2) is 35.0 Å².